The minimum Gasteiger partial charge on any atom is -0.508 e. The molecule has 2 aromatic carbocycles. The van der Waals surface area contributed by atoms with E-state index in [1.54, 1.807) is 36.4 Å². The van der Waals surface area contributed by atoms with Crippen molar-refractivity contribution in [1.82, 2.24) is 20.9 Å². The lowest BCUT2D eigenvalue weighted by Gasteiger charge is -2.31. The number of carboxylic acid groups (broad SMARTS) is 1. The number of aromatic hydroxyl groups is 1. The molecule has 2 aromatic rings. The number of benzene rings is 2. The standard InChI is InChI=1S/C34H47N5O7S/c1-4-21(2)29(35)32(43)37-26(19-23-12-14-24(40)15-13-23)33(44)39-17-8-11-28(39)31(42)36-25(16-18-47-3)30(41)38-27(34(45)46)20-22-9-6-5-7-10-22/h5-7,9-10,12-15,21,25-29,40H,4,8,11,16-20,35H2,1-3H3,(H,36,42)(H,37,43)(H,38,41)(H,45,46)/t21-,25-,26-,27-,28-,29-/m0/s1. The molecule has 1 aliphatic rings. The van der Waals surface area contributed by atoms with Gasteiger partial charge in [0.1, 0.15) is 29.9 Å². The number of hydrogen-bond acceptors (Lipinski definition) is 8. The zero-order chi connectivity index (χ0) is 34.5. The first-order chi connectivity index (χ1) is 22.4. The largest absolute Gasteiger partial charge is 0.508 e. The van der Waals surface area contributed by atoms with E-state index >= 15 is 0 Å². The van der Waals surface area contributed by atoms with E-state index in [4.69, 9.17) is 5.73 Å². The zero-order valence-electron chi connectivity index (χ0n) is 27.2. The predicted molar refractivity (Wildman–Crippen MR) is 181 cm³/mol. The third-order valence-corrected chi connectivity index (χ3v) is 9.17. The van der Waals surface area contributed by atoms with Crippen molar-refractivity contribution >= 4 is 41.4 Å². The number of amides is 4. The summed E-state index contributed by atoms with van der Waals surface area (Å²) in [5, 5.41) is 27.7. The van der Waals surface area contributed by atoms with Crippen molar-refractivity contribution in [2.75, 3.05) is 18.6 Å². The van der Waals surface area contributed by atoms with Gasteiger partial charge in [0.25, 0.3) is 0 Å². The number of carbonyl (C=O) groups excluding carboxylic acids is 4. The monoisotopic (exact) mass is 669 g/mol. The van der Waals surface area contributed by atoms with Crippen LogP contribution in [0.15, 0.2) is 54.6 Å². The van der Waals surface area contributed by atoms with Crippen LogP contribution in [0.25, 0.3) is 0 Å². The van der Waals surface area contributed by atoms with Crippen molar-refractivity contribution in [3.63, 3.8) is 0 Å². The summed E-state index contributed by atoms with van der Waals surface area (Å²) in [7, 11) is 0. The van der Waals surface area contributed by atoms with Crippen molar-refractivity contribution in [1.29, 1.82) is 0 Å². The normalized spacial score (nSPS) is 17.5. The fraction of sp³-hybridized carbons (Fsp3) is 0.500. The van der Waals surface area contributed by atoms with E-state index in [2.05, 4.69) is 16.0 Å². The second-order valence-electron chi connectivity index (χ2n) is 12.0. The Labute approximate surface area is 280 Å². The molecule has 4 amide bonds. The number of phenols is 1. The predicted octanol–water partition coefficient (Wildman–Crippen LogP) is 1.83. The van der Waals surface area contributed by atoms with Gasteiger partial charge in [-0.3, -0.25) is 19.2 Å². The lowest BCUT2D eigenvalue weighted by atomic mass is 9.98. The zero-order valence-corrected chi connectivity index (χ0v) is 28.0. The smallest absolute Gasteiger partial charge is 0.326 e. The average molecular weight is 670 g/mol. The number of hydrogen-bond donors (Lipinski definition) is 6. The fourth-order valence-corrected chi connectivity index (χ4v) is 5.92. The molecule has 256 valence electrons. The molecule has 0 unspecified atom stereocenters. The Bertz CT molecular complexity index is 1360. The van der Waals surface area contributed by atoms with Crippen molar-refractivity contribution < 1.29 is 34.2 Å². The van der Waals surface area contributed by atoms with Gasteiger partial charge in [-0.2, -0.15) is 11.8 Å². The molecule has 6 atom stereocenters. The molecule has 0 saturated carbocycles. The Balaban J connectivity index is 1.77. The van der Waals surface area contributed by atoms with Gasteiger partial charge in [-0.05, 0) is 60.4 Å². The summed E-state index contributed by atoms with van der Waals surface area (Å²) >= 11 is 1.48. The topological polar surface area (TPSA) is 191 Å². The number of nitrogens with one attached hydrogen (secondary N) is 3. The minimum absolute atomic E-state index is 0.0607. The van der Waals surface area contributed by atoms with Gasteiger partial charge < -0.3 is 36.8 Å². The second-order valence-corrected chi connectivity index (χ2v) is 13.0. The van der Waals surface area contributed by atoms with Gasteiger partial charge in [-0.1, -0.05) is 62.7 Å². The third kappa shape index (κ3) is 11.0. The summed E-state index contributed by atoms with van der Waals surface area (Å²) in [6.07, 6.45) is 3.86. The highest BCUT2D eigenvalue weighted by Gasteiger charge is 2.39. The summed E-state index contributed by atoms with van der Waals surface area (Å²) < 4.78 is 0. The summed E-state index contributed by atoms with van der Waals surface area (Å²) in [5.74, 6) is -2.82. The quantitative estimate of drug-likeness (QED) is 0.146. The van der Waals surface area contributed by atoms with Crippen molar-refractivity contribution in [3.05, 3.63) is 65.7 Å². The summed E-state index contributed by atoms with van der Waals surface area (Å²) in [4.78, 5) is 67.6. The first-order valence-electron chi connectivity index (χ1n) is 16.0. The van der Waals surface area contributed by atoms with Gasteiger partial charge in [0.2, 0.25) is 23.6 Å². The van der Waals surface area contributed by atoms with Crippen LogP contribution in [0.4, 0.5) is 0 Å². The first-order valence-corrected chi connectivity index (χ1v) is 17.3. The van der Waals surface area contributed by atoms with E-state index in [0.717, 1.165) is 5.56 Å². The Morgan fingerprint density at radius 1 is 0.915 bits per heavy atom. The van der Waals surface area contributed by atoms with Crippen molar-refractivity contribution in [3.8, 4) is 5.75 Å². The summed E-state index contributed by atoms with van der Waals surface area (Å²) in [6.45, 7) is 4.05. The number of aliphatic carboxylic acids is 1. The molecule has 0 radical (unpaired) electrons. The van der Waals surface area contributed by atoms with Gasteiger partial charge in [-0.25, -0.2) is 4.79 Å². The third-order valence-electron chi connectivity index (χ3n) is 8.53. The molecule has 0 aromatic heterocycles. The average Bonchev–Trinajstić information content (AvgIpc) is 3.56. The number of phenolic OH excluding ortho intramolecular Hbond substituents is 1. The maximum absolute atomic E-state index is 14.0. The lowest BCUT2D eigenvalue weighted by molar-refractivity contribution is -0.143. The van der Waals surface area contributed by atoms with E-state index in [0.29, 0.717) is 30.6 Å². The van der Waals surface area contributed by atoms with Crippen LogP contribution in [0.5, 0.6) is 5.75 Å². The van der Waals surface area contributed by atoms with Crippen molar-refractivity contribution in [2.24, 2.45) is 11.7 Å². The van der Waals surface area contributed by atoms with Crippen LogP contribution < -0.4 is 21.7 Å². The maximum atomic E-state index is 14.0. The molecule has 1 fully saturated rings. The number of carbonyl (C=O) groups is 5. The van der Waals surface area contributed by atoms with Crippen LogP contribution in [0.2, 0.25) is 0 Å². The van der Waals surface area contributed by atoms with Gasteiger partial charge in [0.15, 0.2) is 0 Å². The highest BCUT2D eigenvalue weighted by atomic mass is 32.2. The van der Waals surface area contributed by atoms with Gasteiger partial charge in [0.05, 0.1) is 6.04 Å². The van der Waals surface area contributed by atoms with E-state index in [1.165, 1.54) is 28.8 Å². The van der Waals surface area contributed by atoms with Crippen molar-refractivity contribution in [2.45, 2.75) is 82.6 Å². The van der Waals surface area contributed by atoms with E-state index in [9.17, 15) is 34.2 Å². The molecule has 1 aliphatic heterocycles. The molecule has 47 heavy (non-hydrogen) atoms. The Hall–Kier alpha value is -4.10. The van der Waals surface area contributed by atoms with Crippen LogP contribution in [0.3, 0.4) is 0 Å². The first kappa shape index (κ1) is 37.4. The SMILES string of the molecule is CC[C@H](C)[C@H](N)C(=O)N[C@@H](Cc1ccc(O)cc1)C(=O)N1CCC[C@H]1C(=O)N[C@@H](CCSC)C(=O)N[C@@H](Cc1ccccc1)C(=O)O. The lowest BCUT2D eigenvalue weighted by Crippen LogP contribution is -2.59. The highest BCUT2D eigenvalue weighted by Crippen LogP contribution is 2.21. The van der Waals surface area contributed by atoms with Crippen LogP contribution in [0.1, 0.15) is 50.7 Å². The number of nitrogens with zero attached hydrogens (tertiary/aromatic N) is 1. The molecule has 1 heterocycles. The van der Waals surface area contributed by atoms with E-state index < -0.39 is 59.8 Å². The second kappa shape index (κ2) is 18.3. The molecule has 13 heteroatoms. The van der Waals surface area contributed by atoms with Crippen LogP contribution in [-0.4, -0.2) is 93.5 Å². The molecule has 1 saturated heterocycles. The Morgan fingerprint density at radius 3 is 2.15 bits per heavy atom. The fourth-order valence-electron chi connectivity index (χ4n) is 5.45. The molecule has 7 N–H and O–H groups in total. The number of thioether (sulfide) groups is 1. The van der Waals surface area contributed by atoms with Crippen LogP contribution in [0, 0.1) is 5.92 Å². The molecule has 0 aliphatic carbocycles. The number of carboxylic acids is 1. The van der Waals surface area contributed by atoms with Gasteiger partial charge in [-0.15, -0.1) is 0 Å². The number of nitrogens with two attached hydrogens (primary N) is 1. The Morgan fingerprint density at radius 2 is 1.53 bits per heavy atom. The van der Waals surface area contributed by atoms with Crippen LogP contribution in [-0.2, 0) is 36.8 Å². The van der Waals surface area contributed by atoms with E-state index in [1.807, 2.05) is 26.2 Å². The maximum Gasteiger partial charge on any atom is 0.326 e. The highest BCUT2D eigenvalue weighted by molar-refractivity contribution is 7.98. The molecule has 0 spiro atoms. The molecular formula is C34H47N5O7S. The summed E-state index contributed by atoms with van der Waals surface area (Å²) in [6, 6.07) is 10.2. The number of likely N-dealkylation sites (tertiary alicyclic amines) is 1. The van der Waals surface area contributed by atoms with Gasteiger partial charge >= 0.3 is 5.97 Å². The summed E-state index contributed by atoms with van der Waals surface area (Å²) in [5.41, 5.74) is 7.60. The molecule has 0 bridgehead atoms. The molecule has 12 nitrogen and oxygen atoms in total. The number of rotatable bonds is 17. The van der Waals surface area contributed by atoms with Gasteiger partial charge in [0, 0.05) is 19.4 Å². The van der Waals surface area contributed by atoms with Crippen LogP contribution >= 0.6 is 11.8 Å². The Kier molecular flexibility index (Phi) is 14.5. The minimum atomic E-state index is -1.20. The van der Waals surface area contributed by atoms with E-state index in [-0.39, 0.29) is 37.5 Å². The molecule has 3 rings (SSSR count). The molecular weight excluding hydrogens is 622 g/mol.